The Bertz CT molecular complexity index is 463. The molecule has 0 fully saturated rings. The van der Waals surface area contributed by atoms with Crippen molar-refractivity contribution in [3.05, 3.63) is 42.0 Å². The summed E-state index contributed by atoms with van der Waals surface area (Å²) in [6.45, 7) is 1.99. The van der Waals surface area contributed by atoms with Crippen LogP contribution < -0.4 is 5.73 Å². The third-order valence-electron chi connectivity index (χ3n) is 2.42. The molecule has 4 nitrogen and oxygen atoms in total. The molecule has 1 unspecified atom stereocenters. The highest BCUT2D eigenvalue weighted by Crippen LogP contribution is 2.13. The molecule has 0 aliphatic heterocycles. The fourth-order valence-electron chi connectivity index (χ4n) is 1.38. The second-order valence-electron chi connectivity index (χ2n) is 3.58. The SMILES string of the molecule is CCC(N)c1cn(-c2ccc(F)cc2)nn1. The van der Waals surface area contributed by atoms with Crippen molar-refractivity contribution in [3.8, 4) is 5.69 Å². The molecular formula is C11H13FN4. The van der Waals surface area contributed by atoms with Gasteiger partial charge in [-0.2, -0.15) is 0 Å². The molecule has 1 atom stereocenters. The molecule has 5 heteroatoms. The normalized spacial score (nSPS) is 12.7. The maximum atomic E-state index is 12.7. The van der Waals surface area contributed by atoms with Crippen molar-refractivity contribution in [1.29, 1.82) is 0 Å². The molecule has 2 aromatic rings. The molecular weight excluding hydrogens is 207 g/mol. The molecule has 84 valence electrons. The molecule has 0 amide bonds. The first-order chi connectivity index (χ1) is 7.70. The van der Waals surface area contributed by atoms with Gasteiger partial charge in [0.05, 0.1) is 23.6 Å². The minimum Gasteiger partial charge on any atom is -0.323 e. The number of nitrogens with two attached hydrogens (primary N) is 1. The first-order valence-electron chi connectivity index (χ1n) is 5.14. The molecule has 0 aliphatic rings. The van der Waals surface area contributed by atoms with Crippen LogP contribution in [0, 0.1) is 5.82 Å². The highest BCUT2D eigenvalue weighted by atomic mass is 19.1. The third kappa shape index (κ3) is 2.09. The van der Waals surface area contributed by atoms with Crippen molar-refractivity contribution in [3.63, 3.8) is 0 Å². The average Bonchev–Trinajstić information content (AvgIpc) is 2.78. The Morgan fingerprint density at radius 3 is 2.69 bits per heavy atom. The number of benzene rings is 1. The van der Waals surface area contributed by atoms with E-state index in [1.165, 1.54) is 12.1 Å². The van der Waals surface area contributed by atoms with Crippen LogP contribution in [-0.4, -0.2) is 15.0 Å². The lowest BCUT2D eigenvalue weighted by Crippen LogP contribution is -2.08. The van der Waals surface area contributed by atoms with Gasteiger partial charge < -0.3 is 5.73 Å². The quantitative estimate of drug-likeness (QED) is 0.858. The average molecular weight is 220 g/mol. The molecule has 2 N–H and O–H groups in total. The Balaban J connectivity index is 2.28. The first-order valence-corrected chi connectivity index (χ1v) is 5.14. The van der Waals surface area contributed by atoms with Crippen molar-refractivity contribution in [2.24, 2.45) is 5.73 Å². The van der Waals surface area contributed by atoms with E-state index in [0.717, 1.165) is 17.8 Å². The van der Waals surface area contributed by atoms with Crippen molar-refractivity contribution in [1.82, 2.24) is 15.0 Å². The fraction of sp³-hybridized carbons (Fsp3) is 0.273. The van der Waals surface area contributed by atoms with Gasteiger partial charge in [0.15, 0.2) is 0 Å². The van der Waals surface area contributed by atoms with Crippen LogP contribution in [0.2, 0.25) is 0 Å². The number of hydrogen-bond donors (Lipinski definition) is 1. The summed E-state index contributed by atoms with van der Waals surface area (Å²) in [6.07, 6.45) is 2.57. The van der Waals surface area contributed by atoms with E-state index >= 15 is 0 Å². The highest BCUT2D eigenvalue weighted by Gasteiger charge is 2.08. The molecule has 0 saturated carbocycles. The van der Waals surface area contributed by atoms with Gasteiger partial charge in [0.25, 0.3) is 0 Å². The maximum Gasteiger partial charge on any atom is 0.123 e. The fourth-order valence-corrected chi connectivity index (χ4v) is 1.38. The molecule has 0 aliphatic carbocycles. The lowest BCUT2D eigenvalue weighted by atomic mass is 10.2. The second kappa shape index (κ2) is 4.40. The van der Waals surface area contributed by atoms with E-state index in [0.29, 0.717) is 0 Å². The van der Waals surface area contributed by atoms with Gasteiger partial charge >= 0.3 is 0 Å². The summed E-state index contributed by atoms with van der Waals surface area (Å²) in [5.41, 5.74) is 7.34. The summed E-state index contributed by atoms with van der Waals surface area (Å²) in [4.78, 5) is 0. The zero-order chi connectivity index (χ0) is 11.5. The second-order valence-corrected chi connectivity index (χ2v) is 3.58. The van der Waals surface area contributed by atoms with Gasteiger partial charge in [-0.3, -0.25) is 0 Å². The Morgan fingerprint density at radius 2 is 2.06 bits per heavy atom. The molecule has 0 spiro atoms. The van der Waals surface area contributed by atoms with Gasteiger partial charge in [0, 0.05) is 0 Å². The van der Waals surface area contributed by atoms with E-state index in [-0.39, 0.29) is 11.9 Å². The largest absolute Gasteiger partial charge is 0.323 e. The number of hydrogen-bond acceptors (Lipinski definition) is 3. The van der Waals surface area contributed by atoms with Crippen molar-refractivity contribution in [2.45, 2.75) is 19.4 Å². The van der Waals surface area contributed by atoms with Gasteiger partial charge in [0.2, 0.25) is 0 Å². The minimum absolute atomic E-state index is 0.103. The molecule has 16 heavy (non-hydrogen) atoms. The molecule has 1 heterocycles. The van der Waals surface area contributed by atoms with Crippen LogP contribution in [0.3, 0.4) is 0 Å². The van der Waals surface area contributed by atoms with Gasteiger partial charge in [0.1, 0.15) is 5.82 Å². The van der Waals surface area contributed by atoms with Crippen LogP contribution >= 0.6 is 0 Å². The monoisotopic (exact) mass is 220 g/mol. The van der Waals surface area contributed by atoms with Crippen LogP contribution in [0.15, 0.2) is 30.5 Å². The molecule has 0 bridgehead atoms. The van der Waals surface area contributed by atoms with Crippen molar-refractivity contribution in [2.75, 3.05) is 0 Å². The number of nitrogens with zero attached hydrogens (tertiary/aromatic N) is 3. The van der Waals surface area contributed by atoms with Crippen LogP contribution in [0.1, 0.15) is 25.1 Å². The zero-order valence-corrected chi connectivity index (χ0v) is 8.97. The summed E-state index contributed by atoms with van der Waals surface area (Å²) in [5.74, 6) is -0.269. The molecule has 2 rings (SSSR count). The third-order valence-corrected chi connectivity index (χ3v) is 2.42. The van der Waals surface area contributed by atoms with Gasteiger partial charge in [-0.15, -0.1) is 5.10 Å². The van der Waals surface area contributed by atoms with Crippen molar-refractivity contribution < 1.29 is 4.39 Å². The zero-order valence-electron chi connectivity index (χ0n) is 8.97. The standard InChI is InChI=1S/C11H13FN4/c1-2-10(13)11-7-16(15-14-11)9-5-3-8(12)4-6-9/h3-7,10H,2,13H2,1H3. The summed E-state index contributed by atoms with van der Waals surface area (Å²) in [6, 6.07) is 5.96. The maximum absolute atomic E-state index is 12.7. The topological polar surface area (TPSA) is 56.7 Å². The molecule has 1 aromatic heterocycles. The number of aromatic nitrogens is 3. The lowest BCUT2D eigenvalue weighted by Gasteiger charge is -2.02. The lowest BCUT2D eigenvalue weighted by molar-refractivity contribution is 0.626. The van der Waals surface area contributed by atoms with Crippen LogP contribution in [0.4, 0.5) is 4.39 Å². The predicted octanol–water partition coefficient (Wildman–Crippen LogP) is 1.82. The Labute approximate surface area is 92.9 Å². The van der Waals surface area contributed by atoms with E-state index in [1.54, 1.807) is 23.0 Å². The number of rotatable bonds is 3. The minimum atomic E-state index is -0.269. The van der Waals surface area contributed by atoms with Gasteiger partial charge in [-0.05, 0) is 30.7 Å². The highest BCUT2D eigenvalue weighted by molar-refractivity contribution is 5.30. The number of halogens is 1. The van der Waals surface area contributed by atoms with Crippen LogP contribution in [0.25, 0.3) is 5.69 Å². The van der Waals surface area contributed by atoms with E-state index in [9.17, 15) is 4.39 Å². The Kier molecular flexibility index (Phi) is 2.96. The molecule has 1 aromatic carbocycles. The Morgan fingerprint density at radius 1 is 1.38 bits per heavy atom. The summed E-state index contributed by atoms with van der Waals surface area (Å²) < 4.78 is 14.3. The van der Waals surface area contributed by atoms with E-state index in [2.05, 4.69) is 10.3 Å². The summed E-state index contributed by atoms with van der Waals surface area (Å²) >= 11 is 0. The molecule has 0 radical (unpaired) electrons. The summed E-state index contributed by atoms with van der Waals surface area (Å²) in [7, 11) is 0. The van der Waals surface area contributed by atoms with Crippen molar-refractivity contribution >= 4 is 0 Å². The molecule has 0 saturated heterocycles. The smallest absolute Gasteiger partial charge is 0.123 e. The van der Waals surface area contributed by atoms with Gasteiger partial charge in [-0.25, -0.2) is 9.07 Å². The van der Waals surface area contributed by atoms with Crippen LogP contribution in [-0.2, 0) is 0 Å². The van der Waals surface area contributed by atoms with Gasteiger partial charge in [-0.1, -0.05) is 12.1 Å². The predicted molar refractivity (Wildman–Crippen MR) is 58.5 cm³/mol. The Hall–Kier alpha value is -1.75. The van der Waals surface area contributed by atoms with E-state index in [4.69, 9.17) is 5.73 Å². The van der Waals surface area contributed by atoms with E-state index in [1.807, 2.05) is 6.92 Å². The summed E-state index contributed by atoms with van der Waals surface area (Å²) in [5, 5.41) is 7.93. The first kappa shape index (κ1) is 10.8. The van der Waals surface area contributed by atoms with Crippen LogP contribution in [0.5, 0.6) is 0 Å². The van der Waals surface area contributed by atoms with E-state index < -0.39 is 0 Å².